The van der Waals surface area contributed by atoms with Crippen molar-refractivity contribution in [1.29, 1.82) is 0 Å². The lowest BCUT2D eigenvalue weighted by Crippen LogP contribution is -2.17. The van der Waals surface area contributed by atoms with E-state index in [1.807, 2.05) is 50.5 Å². The number of nitrogens with zero attached hydrogens (tertiary/aromatic N) is 2. The molecule has 1 aromatic heterocycles. The van der Waals surface area contributed by atoms with Gasteiger partial charge in [0.25, 0.3) is 5.91 Å². The molecule has 3 rings (SSSR count). The van der Waals surface area contributed by atoms with Crippen molar-refractivity contribution >= 4 is 18.1 Å². The van der Waals surface area contributed by atoms with Crippen molar-refractivity contribution in [2.45, 2.75) is 33.8 Å². The topological polar surface area (TPSA) is 91.1 Å². The summed E-state index contributed by atoms with van der Waals surface area (Å²) in [6.45, 7) is 7.58. The smallest absolute Gasteiger partial charge is 0.338 e. The Morgan fingerprint density at radius 2 is 1.56 bits per heavy atom. The molecule has 2 aromatic carbocycles. The number of hydrazone groups is 1. The van der Waals surface area contributed by atoms with Crippen LogP contribution in [0, 0.1) is 13.8 Å². The minimum atomic E-state index is -0.383. The van der Waals surface area contributed by atoms with Gasteiger partial charge < -0.3 is 18.8 Å². The number of amides is 1. The number of nitrogens with one attached hydrogen (secondary N) is 1. The SMILES string of the molecule is COc1cc(OC)cc(C(=O)N/N=C\c2cc(C)n(-c3ccc(C(=O)OC(C)C)cc3)c2C)c1. The third kappa shape index (κ3) is 5.64. The monoisotopic (exact) mass is 463 g/mol. The Kier molecular flexibility index (Phi) is 7.73. The van der Waals surface area contributed by atoms with Crippen molar-refractivity contribution in [3.8, 4) is 17.2 Å². The molecule has 0 saturated carbocycles. The first kappa shape index (κ1) is 24.6. The molecule has 0 aliphatic rings. The summed E-state index contributed by atoms with van der Waals surface area (Å²) in [6, 6.07) is 14.1. The molecule has 0 fully saturated rings. The van der Waals surface area contributed by atoms with Crippen molar-refractivity contribution in [3.63, 3.8) is 0 Å². The Morgan fingerprint density at radius 1 is 0.941 bits per heavy atom. The lowest BCUT2D eigenvalue weighted by Gasteiger charge is -2.11. The van der Waals surface area contributed by atoms with E-state index in [0.29, 0.717) is 22.6 Å². The number of aryl methyl sites for hydroxylation is 1. The normalized spacial score (nSPS) is 11.0. The van der Waals surface area contributed by atoms with Crippen molar-refractivity contribution in [2.24, 2.45) is 5.10 Å². The molecule has 0 atom stereocenters. The van der Waals surface area contributed by atoms with Crippen LogP contribution in [0.15, 0.2) is 53.6 Å². The van der Waals surface area contributed by atoms with Crippen LogP contribution in [0.2, 0.25) is 0 Å². The van der Waals surface area contributed by atoms with E-state index in [4.69, 9.17) is 14.2 Å². The van der Waals surface area contributed by atoms with Gasteiger partial charge in [0.05, 0.1) is 32.1 Å². The lowest BCUT2D eigenvalue weighted by molar-refractivity contribution is 0.0378. The van der Waals surface area contributed by atoms with E-state index in [1.165, 1.54) is 14.2 Å². The number of hydrogen-bond acceptors (Lipinski definition) is 6. The molecular weight excluding hydrogens is 434 g/mol. The van der Waals surface area contributed by atoms with Gasteiger partial charge in [-0.15, -0.1) is 0 Å². The molecule has 178 valence electrons. The van der Waals surface area contributed by atoms with E-state index in [1.54, 1.807) is 36.5 Å². The summed E-state index contributed by atoms with van der Waals surface area (Å²) in [5.41, 5.74) is 7.09. The summed E-state index contributed by atoms with van der Waals surface area (Å²) in [7, 11) is 3.05. The van der Waals surface area contributed by atoms with Gasteiger partial charge in [-0.2, -0.15) is 5.10 Å². The van der Waals surface area contributed by atoms with Crippen molar-refractivity contribution in [1.82, 2.24) is 9.99 Å². The van der Waals surface area contributed by atoms with Crippen molar-refractivity contribution < 1.29 is 23.8 Å². The quantitative estimate of drug-likeness (QED) is 0.303. The number of aromatic nitrogens is 1. The molecule has 0 aliphatic heterocycles. The molecule has 0 radical (unpaired) electrons. The van der Waals surface area contributed by atoms with Crippen LogP contribution < -0.4 is 14.9 Å². The molecule has 0 spiro atoms. The lowest BCUT2D eigenvalue weighted by atomic mass is 10.2. The van der Waals surface area contributed by atoms with Crippen LogP contribution in [0.1, 0.15) is 51.5 Å². The second-order valence-corrected chi connectivity index (χ2v) is 7.96. The van der Waals surface area contributed by atoms with Crippen molar-refractivity contribution in [3.05, 3.63) is 76.6 Å². The van der Waals surface area contributed by atoms with Gasteiger partial charge in [-0.05, 0) is 70.2 Å². The zero-order valence-corrected chi connectivity index (χ0v) is 20.2. The summed E-state index contributed by atoms with van der Waals surface area (Å²) in [6.07, 6.45) is 1.43. The van der Waals surface area contributed by atoms with Crippen LogP contribution in [-0.4, -0.2) is 43.0 Å². The number of carbonyl (C=O) groups is 2. The fourth-order valence-electron chi connectivity index (χ4n) is 3.51. The van der Waals surface area contributed by atoms with E-state index in [-0.39, 0.29) is 18.0 Å². The maximum absolute atomic E-state index is 12.5. The first-order valence-electron chi connectivity index (χ1n) is 10.8. The summed E-state index contributed by atoms with van der Waals surface area (Å²) >= 11 is 0. The third-order valence-corrected chi connectivity index (χ3v) is 5.16. The maximum Gasteiger partial charge on any atom is 0.338 e. The van der Waals surface area contributed by atoms with E-state index < -0.39 is 0 Å². The number of ether oxygens (including phenoxy) is 3. The number of methoxy groups -OCH3 is 2. The van der Waals surface area contributed by atoms with Gasteiger partial charge in [-0.25, -0.2) is 10.2 Å². The fourth-order valence-corrected chi connectivity index (χ4v) is 3.51. The Labute approximate surface area is 199 Å². The molecule has 3 aromatic rings. The zero-order chi connectivity index (χ0) is 24.8. The van der Waals surface area contributed by atoms with Gasteiger partial charge >= 0.3 is 5.97 Å². The minimum absolute atomic E-state index is 0.172. The van der Waals surface area contributed by atoms with Gasteiger partial charge in [0.15, 0.2) is 0 Å². The highest BCUT2D eigenvalue weighted by molar-refractivity contribution is 5.96. The molecule has 0 bridgehead atoms. The van der Waals surface area contributed by atoms with Crippen LogP contribution in [0.5, 0.6) is 11.5 Å². The van der Waals surface area contributed by atoms with Crippen LogP contribution in [-0.2, 0) is 4.74 Å². The molecule has 1 amide bonds. The average molecular weight is 464 g/mol. The highest BCUT2D eigenvalue weighted by Crippen LogP contribution is 2.23. The van der Waals surface area contributed by atoms with Crippen LogP contribution >= 0.6 is 0 Å². The summed E-state index contributed by atoms with van der Waals surface area (Å²) in [4.78, 5) is 24.6. The second-order valence-electron chi connectivity index (χ2n) is 7.96. The highest BCUT2D eigenvalue weighted by atomic mass is 16.5. The summed E-state index contributed by atoms with van der Waals surface area (Å²) in [5.74, 6) is 0.298. The first-order chi connectivity index (χ1) is 16.2. The van der Waals surface area contributed by atoms with Gasteiger partial charge in [0.2, 0.25) is 0 Å². The van der Waals surface area contributed by atoms with Crippen LogP contribution in [0.4, 0.5) is 0 Å². The van der Waals surface area contributed by atoms with E-state index in [9.17, 15) is 9.59 Å². The summed E-state index contributed by atoms with van der Waals surface area (Å²) in [5, 5.41) is 4.12. The second kappa shape index (κ2) is 10.7. The highest BCUT2D eigenvalue weighted by Gasteiger charge is 2.13. The molecule has 34 heavy (non-hydrogen) atoms. The predicted octanol–water partition coefficient (Wildman–Crippen LogP) is 4.44. The first-order valence-corrected chi connectivity index (χ1v) is 10.8. The molecule has 0 saturated heterocycles. The van der Waals surface area contributed by atoms with Crippen LogP contribution in [0.3, 0.4) is 0 Å². The molecule has 1 heterocycles. The third-order valence-electron chi connectivity index (χ3n) is 5.16. The average Bonchev–Trinajstić information content (AvgIpc) is 3.10. The molecule has 0 aliphatic carbocycles. The minimum Gasteiger partial charge on any atom is -0.497 e. The Balaban J connectivity index is 1.75. The maximum atomic E-state index is 12.5. The van der Waals surface area contributed by atoms with E-state index in [0.717, 1.165) is 22.6 Å². The molecule has 1 N–H and O–H groups in total. The molecule has 8 nitrogen and oxygen atoms in total. The Bertz CT molecular complexity index is 1190. The van der Waals surface area contributed by atoms with E-state index in [2.05, 4.69) is 10.5 Å². The fraction of sp³-hybridized carbons (Fsp3) is 0.269. The van der Waals surface area contributed by atoms with Gasteiger partial charge in [0.1, 0.15) is 11.5 Å². The largest absolute Gasteiger partial charge is 0.497 e. The number of hydrogen-bond donors (Lipinski definition) is 1. The number of rotatable bonds is 8. The van der Waals surface area contributed by atoms with Crippen LogP contribution in [0.25, 0.3) is 5.69 Å². The van der Waals surface area contributed by atoms with E-state index >= 15 is 0 Å². The number of carbonyl (C=O) groups excluding carboxylic acids is 2. The zero-order valence-electron chi connectivity index (χ0n) is 20.2. The molecule has 8 heteroatoms. The molecule has 0 unspecified atom stereocenters. The Hall–Kier alpha value is -4.07. The number of esters is 1. The number of benzene rings is 2. The molecular formula is C26H29N3O5. The van der Waals surface area contributed by atoms with Gasteiger partial charge in [-0.3, -0.25) is 4.79 Å². The predicted molar refractivity (Wildman–Crippen MR) is 130 cm³/mol. The van der Waals surface area contributed by atoms with Gasteiger partial charge in [-0.1, -0.05) is 0 Å². The Morgan fingerprint density at radius 3 is 2.12 bits per heavy atom. The summed E-state index contributed by atoms with van der Waals surface area (Å²) < 4.78 is 17.7. The standard InChI is InChI=1S/C26H29N3O5/c1-16(2)34-26(31)19-7-9-22(10-8-19)29-17(3)11-21(18(29)4)15-27-28-25(30)20-12-23(32-5)14-24(13-20)33-6/h7-16H,1-6H3,(H,28,30)/b27-15-. The van der Waals surface area contributed by atoms with Gasteiger partial charge in [0, 0.05) is 34.3 Å². The van der Waals surface area contributed by atoms with Crippen molar-refractivity contribution in [2.75, 3.05) is 14.2 Å².